The highest BCUT2D eigenvalue weighted by molar-refractivity contribution is 6.30. The summed E-state index contributed by atoms with van der Waals surface area (Å²) in [6.07, 6.45) is 5.80. The number of nitrogens with zero attached hydrogens (tertiary/aromatic N) is 1. The Kier molecular flexibility index (Phi) is 6.12. The zero-order valence-electron chi connectivity index (χ0n) is 18.7. The summed E-state index contributed by atoms with van der Waals surface area (Å²) in [5.74, 6) is 0.807. The van der Waals surface area contributed by atoms with Crippen molar-refractivity contribution in [3.05, 3.63) is 34.9 Å². The number of halogens is 1. The molecule has 4 saturated carbocycles. The third-order valence-corrected chi connectivity index (χ3v) is 8.30. The molecule has 0 aromatic heterocycles. The standard InChI is InChI=1S/C25H31ClN2O5/c26-19-3-1-15(2-4-19)12-27-22(30)14-33-23(31)21-8-20(29)13-28(21)24(32)25-9-16-5-17(10-25)7-18(6-16)11-25/h1-4,16-18,20-21,29H,5-14H2,(H,27,30). The fourth-order valence-electron chi connectivity index (χ4n) is 7.03. The number of β-amino-alcohol motifs (C(OH)–C–C–N with tert-alkyl or cyclic N) is 1. The molecule has 7 nitrogen and oxygen atoms in total. The molecule has 5 aliphatic rings. The van der Waals surface area contributed by atoms with Crippen LogP contribution in [0.3, 0.4) is 0 Å². The van der Waals surface area contributed by atoms with Crippen molar-refractivity contribution in [2.45, 2.75) is 63.6 Å². The molecule has 1 aromatic rings. The molecule has 4 aliphatic carbocycles. The number of amides is 2. The van der Waals surface area contributed by atoms with Crippen LogP contribution in [0.5, 0.6) is 0 Å². The Morgan fingerprint density at radius 1 is 1.03 bits per heavy atom. The van der Waals surface area contributed by atoms with Crippen LogP contribution in [0, 0.1) is 23.2 Å². The van der Waals surface area contributed by atoms with E-state index in [1.807, 2.05) is 12.1 Å². The molecule has 1 heterocycles. The molecule has 1 aliphatic heterocycles. The van der Waals surface area contributed by atoms with Gasteiger partial charge in [0.2, 0.25) is 5.91 Å². The summed E-state index contributed by atoms with van der Waals surface area (Å²) in [4.78, 5) is 40.2. The molecule has 8 heteroatoms. The van der Waals surface area contributed by atoms with Gasteiger partial charge in [0.1, 0.15) is 6.04 Å². The van der Waals surface area contributed by atoms with Gasteiger partial charge in [-0.05, 0) is 74.0 Å². The average Bonchev–Trinajstić information content (AvgIpc) is 3.17. The van der Waals surface area contributed by atoms with E-state index in [2.05, 4.69) is 5.32 Å². The Morgan fingerprint density at radius 2 is 1.64 bits per heavy atom. The summed E-state index contributed by atoms with van der Waals surface area (Å²) >= 11 is 5.86. The molecule has 4 bridgehead atoms. The van der Waals surface area contributed by atoms with E-state index >= 15 is 0 Å². The smallest absolute Gasteiger partial charge is 0.329 e. The first-order valence-corrected chi connectivity index (χ1v) is 12.4. The lowest BCUT2D eigenvalue weighted by Crippen LogP contribution is -2.56. The van der Waals surface area contributed by atoms with Gasteiger partial charge in [0, 0.05) is 24.5 Å². The molecule has 0 spiro atoms. The first-order chi connectivity index (χ1) is 15.8. The number of carbonyl (C=O) groups excluding carboxylic acids is 3. The van der Waals surface area contributed by atoms with Crippen LogP contribution in [-0.4, -0.2) is 53.1 Å². The molecule has 6 rings (SSSR count). The van der Waals surface area contributed by atoms with Crippen LogP contribution in [0.4, 0.5) is 0 Å². The Hall–Kier alpha value is -2.12. The maximum atomic E-state index is 13.7. The summed E-state index contributed by atoms with van der Waals surface area (Å²) in [6, 6.07) is 6.27. The van der Waals surface area contributed by atoms with Gasteiger partial charge in [-0.2, -0.15) is 0 Å². The number of hydrogen-bond acceptors (Lipinski definition) is 5. The number of carbonyl (C=O) groups is 3. The van der Waals surface area contributed by atoms with Crippen LogP contribution in [0.25, 0.3) is 0 Å². The number of benzene rings is 1. The minimum absolute atomic E-state index is 0.00675. The largest absolute Gasteiger partial charge is 0.454 e. The first kappa shape index (κ1) is 22.7. The maximum Gasteiger partial charge on any atom is 0.329 e. The summed E-state index contributed by atoms with van der Waals surface area (Å²) in [5.41, 5.74) is 0.498. The van der Waals surface area contributed by atoms with Gasteiger partial charge >= 0.3 is 5.97 Å². The van der Waals surface area contributed by atoms with E-state index in [0.29, 0.717) is 29.3 Å². The lowest BCUT2D eigenvalue weighted by Gasteiger charge is -2.56. The fraction of sp³-hybridized carbons (Fsp3) is 0.640. The lowest BCUT2D eigenvalue weighted by atomic mass is 9.49. The number of aliphatic hydroxyl groups is 1. The lowest BCUT2D eigenvalue weighted by molar-refractivity contribution is -0.166. The molecule has 33 heavy (non-hydrogen) atoms. The van der Waals surface area contributed by atoms with Crippen LogP contribution < -0.4 is 5.32 Å². The van der Waals surface area contributed by atoms with Gasteiger partial charge in [-0.15, -0.1) is 0 Å². The third-order valence-electron chi connectivity index (χ3n) is 8.05. The van der Waals surface area contributed by atoms with E-state index in [1.54, 1.807) is 17.0 Å². The van der Waals surface area contributed by atoms with Gasteiger partial charge in [-0.3, -0.25) is 9.59 Å². The van der Waals surface area contributed by atoms with Crippen LogP contribution in [-0.2, 0) is 25.7 Å². The van der Waals surface area contributed by atoms with Gasteiger partial charge in [-0.25, -0.2) is 4.79 Å². The molecule has 0 radical (unpaired) electrons. The second kappa shape index (κ2) is 8.91. The SMILES string of the molecule is O=C(COC(=O)C1CC(O)CN1C(=O)C12CC3CC(CC(C3)C1)C2)NCc1ccc(Cl)cc1. The first-order valence-electron chi connectivity index (χ1n) is 12.0. The average molecular weight is 475 g/mol. The van der Waals surface area contributed by atoms with Crippen molar-refractivity contribution in [2.75, 3.05) is 13.2 Å². The molecule has 2 amide bonds. The highest BCUT2D eigenvalue weighted by Crippen LogP contribution is 2.60. The normalized spacial score (nSPS) is 34.4. The molecule has 178 valence electrons. The van der Waals surface area contributed by atoms with E-state index in [4.69, 9.17) is 16.3 Å². The van der Waals surface area contributed by atoms with Crippen molar-refractivity contribution < 1.29 is 24.2 Å². The number of aliphatic hydroxyl groups excluding tert-OH is 1. The van der Waals surface area contributed by atoms with Crippen LogP contribution in [0.2, 0.25) is 5.02 Å². The van der Waals surface area contributed by atoms with E-state index in [0.717, 1.165) is 24.8 Å². The number of ether oxygens (including phenoxy) is 1. The molecular weight excluding hydrogens is 444 g/mol. The van der Waals surface area contributed by atoms with E-state index in [9.17, 15) is 19.5 Å². The number of nitrogens with one attached hydrogen (secondary N) is 1. The summed E-state index contributed by atoms with van der Waals surface area (Å²) in [7, 11) is 0. The molecular formula is C25H31ClN2O5. The Bertz CT molecular complexity index is 898. The summed E-state index contributed by atoms with van der Waals surface area (Å²) in [5, 5.41) is 13.6. The minimum atomic E-state index is -0.829. The van der Waals surface area contributed by atoms with Gasteiger partial charge in [0.25, 0.3) is 5.91 Å². The van der Waals surface area contributed by atoms with Crippen molar-refractivity contribution in [1.29, 1.82) is 0 Å². The monoisotopic (exact) mass is 474 g/mol. The van der Waals surface area contributed by atoms with E-state index in [1.165, 1.54) is 19.3 Å². The quantitative estimate of drug-likeness (QED) is 0.618. The Balaban J connectivity index is 1.17. The number of likely N-dealkylation sites (tertiary alicyclic amines) is 1. The second-order valence-electron chi connectivity index (χ2n) is 10.6. The van der Waals surface area contributed by atoms with Crippen LogP contribution in [0.1, 0.15) is 50.5 Å². The van der Waals surface area contributed by atoms with Crippen molar-refractivity contribution in [3.8, 4) is 0 Å². The Labute approximate surface area is 198 Å². The second-order valence-corrected chi connectivity index (χ2v) is 11.0. The predicted molar refractivity (Wildman–Crippen MR) is 121 cm³/mol. The molecule has 1 aromatic carbocycles. The van der Waals surface area contributed by atoms with Gasteiger partial charge in [0.15, 0.2) is 6.61 Å². The van der Waals surface area contributed by atoms with E-state index < -0.39 is 30.6 Å². The van der Waals surface area contributed by atoms with Crippen LogP contribution in [0.15, 0.2) is 24.3 Å². The fourth-order valence-corrected chi connectivity index (χ4v) is 7.15. The van der Waals surface area contributed by atoms with Gasteiger partial charge in [-0.1, -0.05) is 23.7 Å². The van der Waals surface area contributed by atoms with Crippen molar-refractivity contribution in [3.63, 3.8) is 0 Å². The van der Waals surface area contributed by atoms with Crippen LogP contribution >= 0.6 is 11.6 Å². The topological polar surface area (TPSA) is 95.9 Å². The summed E-state index contributed by atoms with van der Waals surface area (Å²) in [6.45, 7) is 0.0356. The zero-order valence-corrected chi connectivity index (χ0v) is 19.4. The van der Waals surface area contributed by atoms with Crippen molar-refractivity contribution in [2.24, 2.45) is 23.2 Å². The maximum absolute atomic E-state index is 13.7. The third kappa shape index (κ3) is 4.62. The highest BCUT2D eigenvalue weighted by Gasteiger charge is 2.57. The molecule has 2 atom stereocenters. The van der Waals surface area contributed by atoms with Crippen molar-refractivity contribution >= 4 is 29.4 Å². The number of esters is 1. The Morgan fingerprint density at radius 3 is 2.24 bits per heavy atom. The van der Waals surface area contributed by atoms with E-state index in [-0.39, 0.29) is 24.3 Å². The number of rotatable bonds is 6. The minimum Gasteiger partial charge on any atom is -0.454 e. The molecule has 2 N–H and O–H groups in total. The van der Waals surface area contributed by atoms with Gasteiger partial charge in [0.05, 0.1) is 11.5 Å². The number of hydrogen-bond donors (Lipinski definition) is 2. The molecule has 1 saturated heterocycles. The zero-order chi connectivity index (χ0) is 23.2. The molecule has 5 fully saturated rings. The predicted octanol–water partition coefficient (Wildman–Crippen LogP) is 2.68. The summed E-state index contributed by atoms with van der Waals surface area (Å²) < 4.78 is 5.27. The van der Waals surface area contributed by atoms with Gasteiger partial charge < -0.3 is 20.1 Å². The highest BCUT2D eigenvalue weighted by atomic mass is 35.5. The molecule has 2 unspecified atom stereocenters. The van der Waals surface area contributed by atoms with Crippen molar-refractivity contribution in [1.82, 2.24) is 10.2 Å².